The zero-order valence-corrected chi connectivity index (χ0v) is 16.8. The molecule has 1 aromatic carbocycles. The van der Waals surface area contributed by atoms with Crippen LogP contribution in [-0.2, 0) is 22.8 Å². The third-order valence-corrected chi connectivity index (χ3v) is 6.48. The van der Waals surface area contributed by atoms with Gasteiger partial charge in [0.1, 0.15) is 9.92 Å². The molecular weight excluding hydrogens is 372 g/mol. The maximum absolute atomic E-state index is 12.7. The van der Waals surface area contributed by atoms with Crippen molar-refractivity contribution in [2.45, 2.75) is 42.4 Å². The lowest BCUT2D eigenvalue weighted by Crippen LogP contribution is -2.40. The Balaban J connectivity index is 2.18. The first kappa shape index (κ1) is 20.3. The van der Waals surface area contributed by atoms with Gasteiger partial charge < -0.3 is 5.32 Å². The molecule has 0 aliphatic carbocycles. The van der Waals surface area contributed by atoms with Crippen molar-refractivity contribution in [3.63, 3.8) is 0 Å². The number of benzene rings is 1. The summed E-state index contributed by atoms with van der Waals surface area (Å²) < 4.78 is 29.0. The van der Waals surface area contributed by atoms with Gasteiger partial charge in [-0.3, -0.25) is 4.68 Å². The molecule has 0 atom stereocenters. The summed E-state index contributed by atoms with van der Waals surface area (Å²) in [6.07, 6.45) is 1.70. The van der Waals surface area contributed by atoms with Gasteiger partial charge in [0.2, 0.25) is 0 Å². The summed E-state index contributed by atoms with van der Waals surface area (Å²) in [4.78, 5) is 11.9. The monoisotopic (exact) mass is 396 g/mol. The summed E-state index contributed by atoms with van der Waals surface area (Å²) in [5, 5.41) is 7.27. The lowest BCUT2D eigenvalue weighted by atomic mass is 10.2. The highest BCUT2D eigenvalue weighted by Crippen LogP contribution is 2.31. The van der Waals surface area contributed by atoms with Crippen LogP contribution < -0.4 is 10.0 Å². The third kappa shape index (κ3) is 5.25. The van der Waals surface area contributed by atoms with E-state index in [4.69, 9.17) is 0 Å². The number of carbonyl (C=O) groups excluding carboxylic acids is 1. The first-order valence-corrected chi connectivity index (χ1v) is 10.8. The zero-order chi connectivity index (χ0) is 19.2. The molecule has 26 heavy (non-hydrogen) atoms. The van der Waals surface area contributed by atoms with Gasteiger partial charge in [-0.25, -0.2) is 17.9 Å². The van der Waals surface area contributed by atoms with Crippen LogP contribution in [0.15, 0.2) is 40.3 Å². The molecule has 0 saturated heterocycles. The molecule has 0 fully saturated rings. The fraction of sp³-hybridized carbons (Fsp3) is 0.412. The van der Waals surface area contributed by atoms with E-state index in [1.165, 1.54) is 16.4 Å². The average Bonchev–Trinajstić information content (AvgIpc) is 2.88. The van der Waals surface area contributed by atoms with E-state index in [9.17, 15) is 13.2 Å². The largest absolute Gasteiger partial charge is 0.337 e. The Labute approximate surface area is 158 Å². The van der Waals surface area contributed by atoms with E-state index in [2.05, 4.69) is 15.1 Å². The van der Waals surface area contributed by atoms with Gasteiger partial charge in [-0.2, -0.15) is 5.10 Å². The number of nitrogens with zero attached hydrogens (tertiary/aromatic N) is 2. The van der Waals surface area contributed by atoms with Gasteiger partial charge in [-0.1, -0.05) is 43.7 Å². The van der Waals surface area contributed by atoms with Gasteiger partial charge >= 0.3 is 6.03 Å². The lowest BCUT2D eigenvalue weighted by Gasteiger charge is -2.10. The van der Waals surface area contributed by atoms with E-state index in [1.807, 2.05) is 37.3 Å². The first-order chi connectivity index (χ1) is 12.3. The highest BCUT2D eigenvalue weighted by Gasteiger charge is 2.28. The number of unbranched alkanes of at least 4 members (excludes halogenated alkanes) is 1. The summed E-state index contributed by atoms with van der Waals surface area (Å²) in [5.41, 5.74) is 1.43. The molecule has 0 bridgehead atoms. The maximum Gasteiger partial charge on any atom is 0.328 e. The summed E-state index contributed by atoms with van der Waals surface area (Å²) >= 11 is 1.37. The van der Waals surface area contributed by atoms with E-state index in [0.717, 1.165) is 18.4 Å². The molecule has 0 saturated carbocycles. The Hall–Kier alpha value is -2.00. The molecule has 0 spiro atoms. The van der Waals surface area contributed by atoms with E-state index in [0.29, 0.717) is 23.0 Å². The molecule has 7 nitrogen and oxygen atoms in total. The number of amides is 2. The molecule has 0 unspecified atom stereocenters. The van der Waals surface area contributed by atoms with E-state index < -0.39 is 16.1 Å². The number of hydrogen-bond acceptors (Lipinski definition) is 5. The number of hydrogen-bond donors (Lipinski definition) is 2. The topological polar surface area (TPSA) is 93.1 Å². The number of aromatic nitrogens is 2. The Bertz CT molecular complexity index is 848. The van der Waals surface area contributed by atoms with Crippen molar-refractivity contribution in [2.75, 3.05) is 6.54 Å². The zero-order valence-electron chi connectivity index (χ0n) is 15.2. The van der Waals surface area contributed by atoms with Crippen LogP contribution in [0.2, 0.25) is 0 Å². The number of sulfonamides is 1. The highest BCUT2D eigenvalue weighted by atomic mass is 32.2. The van der Waals surface area contributed by atoms with Crippen molar-refractivity contribution < 1.29 is 13.2 Å². The normalized spacial score (nSPS) is 11.3. The van der Waals surface area contributed by atoms with Crippen molar-refractivity contribution in [3.8, 4) is 0 Å². The predicted octanol–water partition coefficient (Wildman–Crippen LogP) is 2.81. The van der Waals surface area contributed by atoms with Crippen LogP contribution >= 0.6 is 11.8 Å². The highest BCUT2D eigenvalue weighted by molar-refractivity contribution is 7.99. The molecule has 2 rings (SSSR count). The van der Waals surface area contributed by atoms with Crippen LogP contribution in [0, 0.1) is 6.92 Å². The number of nitrogens with one attached hydrogen (secondary N) is 2. The summed E-state index contributed by atoms with van der Waals surface area (Å²) in [7, 11) is -2.31. The number of carbonyl (C=O) groups is 1. The Morgan fingerprint density at radius 1 is 1.27 bits per heavy atom. The van der Waals surface area contributed by atoms with Crippen LogP contribution in [0.5, 0.6) is 0 Å². The number of aryl methyl sites for hydroxylation is 2. The molecule has 0 aliphatic rings. The minimum absolute atomic E-state index is 0.0478. The second-order valence-corrected chi connectivity index (χ2v) is 8.42. The molecule has 2 N–H and O–H groups in total. The molecule has 9 heteroatoms. The molecule has 142 valence electrons. The number of thioether (sulfide) groups is 1. The molecular formula is C17H24N4O3S2. The maximum atomic E-state index is 12.7. The van der Waals surface area contributed by atoms with Gasteiger partial charge in [-0.05, 0) is 18.9 Å². The molecule has 0 radical (unpaired) electrons. The lowest BCUT2D eigenvalue weighted by molar-refractivity contribution is 0.245. The van der Waals surface area contributed by atoms with Gasteiger partial charge in [0, 0.05) is 19.3 Å². The predicted molar refractivity (Wildman–Crippen MR) is 103 cm³/mol. The molecule has 1 aromatic heterocycles. The van der Waals surface area contributed by atoms with Crippen molar-refractivity contribution >= 4 is 27.8 Å². The standard InChI is InChI=1S/C17H24N4O3S2/c1-4-5-11-18-17(22)20-26(23,24)15-13(2)19-21(3)16(15)25-12-14-9-7-6-8-10-14/h6-10H,4-5,11-12H2,1-3H3,(H2,18,20,22). The summed E-state index contributed by atoms with van der Waals surface area (Å²) in [5.74, 6) is 0.602. The SMILES string of the molecule is CCCCNC(=O)NS(=O)(=O)c1c(C)nn(C)c1SCc1ccccc1. The minimum atomic E-state index is -4.01. The Morgan fingerprint density at radius 3 is 2.62 bits per heavy atom. The smallest absolute Gasteiger partial charge is 0.328 e. The van der Waals surface area contributed by atoms with Crippen molar-refractivity contribution in [3.05, 3.63) is 41.6 Å². The quantitative estimate of drug-likeness (QED) is 0.529. The van der Waals surface area contributed by atoms with Crippen molar-refractivity contribution in [1.82, 2.24) is 19.8 Å². The molecule has 1 heterocycles. The summed E-state index contributed by atoms with van der Waals surface area (Å²) in [6.45, 7) is 4.04. The Morgan fingerprint density at radius 2 is 1.96 bits per heavy atom. The summed E-state index contributed by atoms with van der Waals surface area (Å²) in [6, 6.07) is 9.03. The molecule has 0 aliphatic heterocycles. The van der Waals surface area contributed by atoms with E-state index in [1.54, 1.807) is 14.0 Å². The van der Waals surface area contributed by atoms with Crippen LogP contribution in [0.4, 0.5) is 4.79 Å². The van der Waals surface area contributed by atoms with E-state index >= 15 is 0 Å². The van der Waals surface area contributed by atoms with Crippen LogP contribution in [0.25, 0.3) is 0 Å². The molecule has 2 aromatic rings. The van der Waals surface area contributed by atoms with Gasteiger partial charge in [0.15, 0.2) is 0 Å². The van der Waals surface area contributed by atoms with E-state index in [-0.39, 0.29) is 4.90 Å². The second kappa shape index (κ2) is 9.09. The van der Waals surface area contributed by atoms with Crippen LogP contribution in [0.3, 0.4) is 0 Å². The number of rotatable bonds is 8. The van der Waals surface area contributed by atoms with Gasteiger partial charge in [0.05, 0.1) is 5.69 Å². The Kier molecular flexibility index (Phi) is 7.10. The number of urea groups is 1. The fourth-order valence-corrected chi connectivity index (χ4v) is 5.12. The van der Waals surface area contributed by atoms with Gasteiger partial charge in [-0.15, -0.1) is 11.8 Å². The van der Waals surface area contributed by atoms with Crippen LogP contribution in [0.1, 0.15) is 31.0 Å². The van der Waals surface area contributed by atoms with Gasteiger partial charge in [0.25, 0.3) is 10.0 Å². The second-order valence-electron chi connectivity index (χ2n) is 5.83. The molecule has 2 amide bonds. The third-order valence-electron chi connectivity index (χ3n) is 3.65. The van der Waals surface area contributed by atoms with Crippen molar-refractivity contribution in [1.29, 1.82) is 0 Å². The fourth-order valence-electron chi connectivity index (χ4n) is 2.40. The average molecular weight is 397 g/mol. The van der Waals surface area contributed by atoms with Crippen LogP contribution in [-0.4, -0.2) is 30.8 Å². The van der Waals surface area contributed by atoms with Crippen molar-refractivity contribution in [2.24, 2.45) is 7.05 Å². The minimum Gasteiger partial charge on any atom is -0.337 e. The first-order valence-electron chi connectivity index (χ1n) is 8.36.